The van der Waals surface area contributed by atoms with Gasteiger partial charge in [0, 0.05) is 61.1 Å². The minimum absolute atomic E-state index is 0.00550. The molecule has 2 N–H and O–H groups in total. The number of sulfonamides is 1. The predicted molar refractivity (Wildman–Crippen MR) is 153 cm³/mol. The van der Waals surface area contributed by atoms with Gasteiger partial charge in [-0.25, -0.2) is 12.8 Å². The summed E-state index contributed by atoms with van der Waals surface area (Å²) in [7, 11) is -3.35. The minimum Gasteiger partial charge on any atom is -0.381 e. The van der Waals surface area contributed by atoms with Gasteiger partial charge in [-0.3, -0.25) is 4.79 Å². The average molecular weight is 580 g/mol. The zero-order chi connectivity index (χ0) is 28.0. The maximum Gasteiger partial charge on any atom is 0.225 e. The fraction of sp³-hybridized carbons (Fsp3) is 0.552. The lowest BCUT2D eigenvalue weighted by molar-refractivity contribution is -0.117. The van der Waals surface area contributed by atoms with Crippen LogP contribution in [0, 0.1) is 11.7 Å². The topological polar surface area (TPSA) is 87.7 Å². The second-order valence-electron chi connectivity index (χ2n) is 10.8. The average Bonchev–Trinajstić information content (AvgIpc) is 2.89. The fourth-order valence-electron chi connectivity index (χ4n) is 6.06. The third kappa shape index (κ3) is 8.01. The van der Waals surface area contributed by atoms with E-state index in [1.165, 1.54) is 12.3 Å². The van der Waals surface area contributed by atoms with Crippen LogP contribution in [0.1, 0.15) is 56.1 Å². The monoisotopic (exact) mass is 579 g/mol. The predicted octanol–water partition coefficient (Wildman–Crippen LogP) is 4.96. The van der Waals surface area contributed by atoms with Crippen LogP contribution in [0.2, 0.25) is 5.02 Å². The highest BCUT2D eigenvalue weighted by Gasteiger charge is 2.34. The molecule has 3 atom stereocenters. The van der Waals surface area contributed by atoms with Gasteiger partial charge in [0.05, 0.1) is 6.26 Å². The van der Waals surface area contributed by atoms with Crippen molar-refractivity contribution in [1.29, 1.82) is 0 Å². The Labute approximate surface area is 236 Å². The summed E-state index contributed by atoms with van der Waals surface area (Å²) in [6.07, 6.45) is 4.85. The van der Waals surface area contributed by atoms with Crippen molar-refractivity contribution in [2.45, 2.75) is 63.5 Å². The third-order valence-corrected chi connectivity index (χ3v) is 9.57. The highest BCUT2D eigenvalue weighted by Crippen LogP contribution is 2.36. The molecule has 0 radical (unpaired) electrons. The van der Waals surface area contributed by atoms with Crippen LogP contribution in [-0.4, -0.2) is 63.3 Å². The van der Waals surface area contributed by atoms with Gasteiger partial charge in [0.2, 0.25) is 15.9 Å². The van der Waals surface area contributed by atoms with E-state index < -0.39 is 10.0 Å². The molecule has 10 heteroatoms. The number of carbonyl (C=O) groups is 1. The summed E-state index contributed by atoms with van der Waals surface area (Å²) < 4.78 is 46.8. The molecule has 0 spiro atoms. The second-order valence-corrected chi connectivity index (χ2v) is 13.1. The summed E-state index contributed by atoms with van der Waals surface area (Å²) >= 11 is 6.11. The van der Waals surface area contributed by atoms with Crippen LogP contribution in [0.3, 0.4) is 0 Å². The number of hydrogen-bond acceptors (Lipinski definition) is 5. The molecule has 0 aromatic heterocycles. The first kappa shape index (κ1) is 29.9. The van der Waals surface area contributed by atoms with Gasteiger partial charge in [0.15, 0.2) is 0 Å². The van der Waals surface area contributed by atoms with Crippen LogP contribution < -0.4 is 10.6 Å². The van der Waals surface area contributed by atoms with Gasteiger partial charge >= 0.3 is 0 Å². The Morgan fingerprint density at radius 2 is 1.90 bits per heavy atom. The molecular formula is C29H39ClFN3O4S. The Kier molecular flexibility index (Phi) is 10.4. The van der Waals surface area contributed by atoms with Crippen LogP contribution >= 0.6 is 11.6 Å². The highest BCUT2D eigenvalue weighted by molar-refractivity contribution is 7.88. The number of amides is 1. The molecule has 2 fully saturated rings. The lowest BCUT2D eigenvalue weighted by Crippen LogP contribution is -2.57. The summed E-state index contributed by atoms with van der Waals surface area (Å²) in [6.45, 7) is 4.42. The van der Waals surface area contributed by atoms with Gasteiger partial charge in [-0.15, -0.1) is 0 Å². The van der Waals surface area contributed by atoms with Gasteiger partial charge in [-0.1, -0.05) is 29.8 Å². The smallest absolute Gasteiger partial charge is 0.225 e. The summed E-state index contributed by atoms with van der Waals surface area (Å²) in [5, 5.41) is 6.92. The number of halogens is 2. The highest BCUT2D eigenvalue weighted by atomic mass is 35.5. The molecule has 7 nitrogen and oxygen atoms in total. The Balaban J connectivity index is 1.43. The Bertz CT molecular complexity index is 1220. The number of benzene rings is 2. The first-order valence-electron chi connectivity index (χ1n) is 13.7. The largest absolute Gasteiger partial charge is 0.381 e. The van der Waals surface area contributed by atoms with Crippen LogP contribution in [0.4, 0.5) is 10.1 Å². The number of nitrogens with one attached hydrogen (secondary N) is 2. The van der Waals surface area contributed by atoms with E-state index in [4.69, 9.17) is 16.3 Å². The van der Waals surface area contributed by atoms with Gasteiger partial charge < -0.3 is 15.4 Å². The molecule has 214 valence electrons. The molecule has 2 aromatic rings. The molecule has 2 aliphatic heterocycles. The van der Waals surface area contributed by atoms with Crippen LogP contribution in [0.25, 0.3) is 0 Å². The molecule has 2 aliphatic rings. The van der Waals surface area contributed by atoms with Crippen molar-refractivity contribution < 1.29 is 22.3 Å². The summed E-state index contributed by atoms with van der Waals surface area (Å²) in [5.74, 6) is -0.226. The summed E-state index contributed by atoms with van der Waals surface area (Å²) in [5.41, 5.74) is 1.98. The van der Waals surface area contributed by atoms with Gasteiger partial charge in [0.1, 0.15) is 5.82 Å². The van der Waals surface area contributed by atoms with Crippen molar-refractivity contribution >= 4 is 33.2 Å². The molecule has 39 heavy (non-hydrogen) atoms. The van der Waals surface area contributed by atoms with Crippen molar-refractivity contribution in [2.75, 3.05) is 37.9 Å². The van der Waals surface area contributed by atoms with E-state index >= 15 is 0 Å². The number of piperazine rings is 1. The van der Waals surface area contributed by atoms with Crippen molar-refractivity contribution in [2.24, 2.45) is 5.92 Å². The molecule has 0 aliphatic carbocycles. The first-order chi connectivity index (χ1) is 18.6. The van der Waals surface area contributed by atoms with Gasteiger partial charge in [0.25, 0.3) is 0 Å². The SMILES string of the molecule is CC1CNCC(CCCc2c(F)cccc2NC(=O)CC(c2ccc(Cl)cc2)C2CCOCC2)N1S(C)(=O)=O. The summed E-state index contributed by atoms with van der Waals surface area (Å²) in [4.78, 5) is 13.3. The Morgan fingerprint density at radius 3 is 2.59 bits per heavy atom. The number of rotatable bonds is 10. The first-order valence-corrected chi connectivity index (χ1v) is 16.0. The lowest BCUT2D eigenvalue weighted by atomic mass is 9.79. The molecule has 2 saturated heterocycles. The normalized spacial score (nSPS) is 21.9. The van der Waals surface area contributed by atoms with Crippen LogP contribution in [-0.2, 0) is 26.0 Å². The molecule has 3 unspecified atom stereocenters. The van der Waals surface area contributed by atoms with E-state index in [2.05, 4.69) is 10.6 Å². The molecule has 0 bridgehead atoms. The number of ether oxygens (including phenoxy) is 1. The van der Waals surface area contributed by atoms with Crippen LogP contribution in [0.15, 0.2) is 42.5 Å². The fourth-order valence-corrected chi connectivity index (χ4v) is 7.63. The standard InChI is InChI=1S/C29H39ClFN3O4S/c1-20-18-32-19-24(34(20)39(2,36)37)5-3-6-25-27(31)7-4-8-28(25)33-29(35)17-26(22-13-15-38-16-14-22)21-9-11-23(30)12-10-21/h4,7-12,20,22,24,26,32H,3,5-6,13-19H2,1-2H3,(H,33,35). The molecule has 0 saturated carbocycles. The van der Waals surface area contributed by atoms with E-state index in [-0.39, 0.29) is 36.1 Å². The van der Waals surface area contributed by atoms with E-state index in [1.807, 2.05) is 31.2 Å². The quantitative estimate of drug-likeness (QED) is 0.415. The second kappa shape index (κ2) is 13.5. The van der Waals surface area contributed by atoms with Gasteiger partial charge in [-0.05, 0) is 80.7 Å². The Morgan fingerprint density at radius 1 is 1.18 bits per heavy atom. The van der Waals surface area contributed by atoms with E-state index in [0.717, 1.165) is 18.4 Å². The summed E-state index contributed by atoms with van der Waals surface area (Å²) in [6, 6.07) is 12.1. The van der Waals surface area contributed by atoms with E-state index in [1.54, 1.807) is 16.4 Å². The van der Waals surface area contributed by atoms with E-state index in [0.29, 0.717) is 67.8 Å². The van der Waals surface area contributed by atoms with Crippen molar-refractivity contribution in [3.63, 3.8) is 0 Å². The maximum atomic E-state index is 15.0. The molecule has 2 aromatic carbocycles. The Hall–Kier alpha value is -2.04. The van der Waals surface area contributed by atoms with E-state index in [9.17, 15) is 17.6 Å². The minimum atomic E-state index is -3.35. The molecule has 2 heterocycles. The molecular weight excluding hydrogens is 541 g/mol. The van der Waals surface area contributed by atoms with Crippen LogP contribution in [0.5, 0.6) is 0 Å². The zero-order valence-electron chi connectivity index (χ0n) is 22.7. The van der Waals surface area contributed by atoms with Gasteiger partial charge in [-0.2, -0.15) is 4.31 Å². The number of anilines is 1. The molecule has 1 amide bonds. The van der Waals surface area contributed by atoms with Crippen molar-refractivity contribution in [3.8, 4) is 0 Å². The van der Waals surface area contributed by atoms with Crippen molar-refractivity contribution in [1.82, 2.24) is 9.62 Å². The lowest BCUT2D eigenvalue weighted by Gasteiger charge is -2.39. The number of nitrogens with zero attached hydrogens (tertiary/aromatic N) is 1. The maximum absolute atomic E-state index is 15.0. The number of carbonyl (C=O) groups excluding carboxylic acids is 1. The number of hydrogen-bond donors (Lipinski definition) is 2. The zero-order valence-corrected chi connectivity index (χ0v) is 24.2. The third-order valence-electron chi connectivity index (χ3n) is 7.89. The molecule has 4 rings (SSSR count). The van der Waals surface area contributed by atoms with Crippen molar-refractivity contribution in [3.05, 3.63) is 64.4 Å².